The predicted octanol–water partition coefficient (Wildman–Crippen LogP) is 4.05. The second kappa shape index (κ2) is 9.40. The molecular formula is C21H30N2O2. The van der Waals surface area contributed by atoms with E-state index in [1.54, 1.807) is 11.8 Å². The fraction of sp³-hybridized carbons (Fsp3) is 0.524. The number of carbonyl (C=O) groups is 2. The molecule has 1 aliphatic carbocycles. The molecule has 0 fully saturated rings. The maximum absolute atomic E-state index is 12.1. The van der Waals surface area contributed by atoms with Gasteiger partial charge in [-0.25, -0.2) is 0 Å². The van der Waals surface area contributed by atoms with Crippen LogP contribution in [0.15, 0.2) is 29.8 Å². The van der Waals surface area contributed by atoms with Gasteiger partial charge in [0.2, 0.25) is 11.8 Å². The van der Waals surface area contributed by atoms with E-state index in [0.717, 1.165) is 17.7 Å². The average Bonchev–Trinajstić information content (AvgIpc) is 2.57. The van der Waals surface area contributed by atoms with E-state index < -0.39 is 0 Å². The first-order valence-corrected chi connectivity index (χ1v) is 9.27. The summed E-state index contributed by atoms with van der Waals surface area (Å²) in [5.74, 6) is -0.0282. The molecule has 136 valence electrons. The molecule has 0 bridgehead atoms. The zero-order valence-electron chi connectivity index (χ0n) is 15.7. The van der Waals surface area contributed by atoms with Crippen molar-refractivity contribution in [3.63, 3.8) is 0 Å². The molecule has 0 unspecified atom stereocenters. The molecule has 1 aromatic carbocycles. The smallest absolute Gasteiger partial charge is 0.223 e. The summed E-state index contributed by atoms with van der Waals surface area (Å²) in [6, 6.07) is 6.01. The summed E-state index contributed by atoms with van der Waals surface area (Å²) in [6.45, 7) is 6.68. The van der Waals surface area contributed by atoms with Crippen LogP contribution < -0.4 is 10.2 Å². The molecule has 0 atom stereocenters. The van der Waals surface area contributed by atoms with Gasteiger partial charge in [-0.15, -0.1) is 0 Å². The molecule has 0 spiro atoms. The third-order valence-corrected chi connectivity index (χ3v) is 4.74. The summed E-state index contributed by atoms with van der Waals surface area (Å²) in [5, 5.41) is 2.98. The fourth-order valence-electron chi connectivity index (χ4n) is 3.35. The Bertz CT molecular complexity index is 649. The molecule has 1 N–H and O–H groups in total. The van der Waals surface area contributed by atoms with E-state index in [4.69, 9.17) is 0 Å². The Morgan fingerprint density at radius 3 is 2.64 bits per heavy atom. The van der Waals surface area contributed by atoms with Crippen LogP contribution in [0.1, 0.15) is 56.6 Å². The van der Waals surface area contributed by atoms with Crippen LogP contribution in [0.5, 0.6) is 0 Å². The van der Waals surface area contributed by atoms with Gasteiger partial charge in [-0.3, -0.25) is 9.59 Å². The lowest BCUT2D eigenvalue weighted by atomic mass is 9.97. The van der Waals surface area contributed by atoms with Crippen LogP contribution in [0.3, 0.4) is 0 Å². The molecule has 4 heteroatoms. The lowest BCUT2D eigenvalue weighted by molar-refractivity contribution is -0.121. The van der Waals surface area contributed by atoms with Gasteiger partial charge >= 0.3 is 0 Å². The minimum Gasteiger partial charge on any atom is -0.356 e. The normalized spacial score (nSPS) is 14.0. The summed E-state index contributed by atoms with van der Waals surface area (Å²) in [4.78, 5) is 25.8. The predicted molar refractivity (Wildman–Crippen MR) is 103 cm³/mol. The number of rotatable bonds is 7. The first-order chi connectivity index (χ1) is 12.0. The third-order valence-electron chi connectivity index (χ3n) is 4.74. The van der Waals surface area contributed by atoms with Gasteiger partial charge in [0.05, 0.1) is 0 Å². The van der Waals surface area contributed by atoms with Gasteiger partial charge in [0.15, 0.2) is 0 Å². The quantitative estimate of drug-likeness (QED) is 0.760. The summed E-state index contributed by atoms with van der Waals surface area (Å²) < 4.78 is 0. The summed E-state index contributed by atoms with van der Waals surface area (Å²) >= 11 is 0. The highest BCUT2D eigenvalue weighted by molar-refractivity contribution is 5.93. The highest BCUT2D eigenvalue weighted by Gasteiger charge is 2.15. The van der Waals surface area contributed by atoms with E-state index in [9.17, 15) is 9.59 Å². The van der Waals surface area contributed by atoms with Gasteiger partial charge in [0.1, 0.15) is 0 Å². The number of carbonyl (C=O) groups excluding carboxylic acids is 2. The van der Waals surface area contributed by atoms with Crippen molar-refractivity contribution in [1.29, 1.82) is 0 Å². The van der Waals surface area contributed by atoms with Crippen molar-refractivity contribution in [3.05, 3.63) is 41.0 Å². The largest absolute Gasteiger partial charge is 0.356 e. The van der Waals surface area contributed by atoms with Crippen molar-refractivity contribution in [1.82, 2.24) is 5.32 Å². The molecule has 0 radical (unpaired) electrons. The van der Waals surface area contributed by atoms with Gasteiger partial charge in [-0.05, 0) is 57.6 Å². The molecule has 2 rings (SSSR count). The Balaban J connectivity index is 1.83. The molecule has 0 aromatic heterocycles. The van der Waals surface area contributed by atoms with E-state index in [1.807, 2.05) is 26.0 Å². The minimum absolute atomic E-state index is 0.00687. The van der Waals surface area contributed by atoms with Crippen LogP contribution in [0, 0.1) is 13.8 Å². The van der Waals surface area contributed by atoms with Crippen LogP contribution >= 0.6 is 0 Å². The number of anilines is 1. The Labute approximate surface area is 151 Å². The van der Waals surface area contributed by atoms with Gasteiger partial charge in [0.25, 0.3) is 0 Å². The van der Waals surface area contributed by atoms with Crippen LogP contribution in [0.4, 0.5) is 5.69 Å². The Kier molecular flexibility index (Phi) is 7.23. The number of allylic oxidation sites excluding steroid dienone is 1. The van der Waals surface area contributed by atoms with Crippen LogP contribution in [0.25, 0.3) is 0 Å². The minimum atomic E-state index is -0.0351. The highest BCUT2D eigenvalue weighted by atomic mass is 16.2. The fourth-order valence-corrected chi connectivity index (χ4v) is 3.35. The first kappa shape index (κ1) is 19.2. The summed E-state index contributed by atoms with van der Waals surface area (Å²) in [7, 11) is 0. The van der Waals surface area contributed by atoms with Crippen molar-refractivity contribution in [2.24, 2.45) is 0 Å². The van der Waals surface area contributed by atoms with Crippen molar-refractivity contribution in [2.75, 3.05) is 18.0 Å². The lowest BCUT2D eigenvalue weighted by Crippen LogP contribution is -2.34. The van der Waals surface area contributed by atoms with E-state index in [0.29, 0.717) is 19.5 Å². The van der Waals surface area contributed by atoms with Crippen molar-refractivity contribution in [3.8, 4) is 0 Å². The molecule has 0 saturated carbocycles. The first-order valence-electron chi connectivity index (χ1n) is 9.27. The van der Waals surface area contributed by atoms with Crippen molar-refractivity contribution >= 4 is 17.5 Å². The van der Waals surface area contributed by atoms with E-state index in [-0.39, 0.29) is 11.8 Å². The number of nitrogens with one attached hydrogen (secondary N) is 1. The lowest BCUT2D eigenvalue weighted by Gasteiger charge is -2.23. The Morgan fingerprint density at radius 2 is 2.00 bits per heavy atom. The molecule has 0 heterocycles. The van der Waals surface area contributed by atoms with E-state index in [2.05, 4.69) is 17.5 Å². The van der Waals surface area contributed by atoms with Crippen molar-refractivity contribution < 1.29 is 9.59 Å². The topological polar surface area (TPSA) is 49.4 Å². The molecule has 4 nitrogen and oxygen atoms in total. The number of hydrogen-bond acceptors (Lipinski definition) is 2. The molecule has 2 amide bonds. The summed E-state index contributed by atoms with van der Waals surface area (Å²) in [6.07, 6.45) is 8.48. The van der Waals surface area contributed by atoms with Gasteiger partial charge < -0.3 is 10.2 Å². The zero-order chi connectivity index (χ0) is 18.2. The number of amides is 2. The average molecular weight is 342 g/mol. The van der Waals surface area contributed by atoms with Gasteiger partial charge in [-0.1, -0.05) is 29.3 Å². The Hall–Kier alpha value is -2.10. The molecule has 0 aliphatic heterocycles. The van der Waals surface area contributed by atoms with Crippen LogP contribution in [-0.2, 0) is 9.59 Å². The van der Waals surface area contributed by atoms with E-state index >= 15 is 0 Å². The SMILES string of the molecule is CC(=O)N(CCC(=O)NCCC1=CCCCC1)c1ccc(C)cc1C. The zero-order valence-corrected chi connectivity index (χ0v) is 15.7. The maximum atomic E-state index is 12.1. The van der Waals surface area contributed by atoms with Gasteiger partial charge in [-0.2, -0.15) is 0 Å². The Morgan fingerprint density at radius 1 is 1.20 bits per heavy atom. The monoisotopic (exact) mass is 342 g/mol. The molecular weight excluding hydrogens is 312 g/mol. The second-order valence-electron chi connectivity index (χ2n) is 6.92. The number of hydrogen-bond donors (Lipinski definition) is 1. The number of nitrogens with zero attached hydrogens (tertiary/aromatic N) is 1. The second-order valence-corrected chi connectivity index (χ2v) is 6.92. The molecule has 1 aliphatic rings. The maximum Gasteiger partial charge on any atom is 0.223 e. The van der Waals surface area contributed by atoms with Gasteiger partial charge in [0, 0.05) is 32.1 Å². The van der Waals surface area contributed by atoms with Crippen molar-refractivity contribution in [2.45, 2.75) is 59.3 Å². The van der Waals surface area contributed by atoms with Crippen LogP contribution in [0.2, 0.25) is 0 Å². The number of aryl methyl sites for hydroxylation is 2. The standard InChI is InChI=1S/C21H30N2O2/c1-16-9-10-20(17(2)15-16)23(18(3)24)14-12-21(25)22-13-11-19-7-5-4-6-8-19/h7,9-10,15H,4-6,8,11-14H2,1-3H3,(H,22,25). The third kappa shape index (κ3) is 6.04. The molecule has 0 saturated heterocycles. The summed E-state index contributed by atoms with van der Waals surface area (Å²) in [5.41, 5.74) is 4.57. The van der Waals surface area contributed by atoms with E-state index in [1.165, 1.54) is 36.8 Å². The number of benzene rings is 1. The van der Waals surface area contributed by atoms with Crippen LogP contribution in [-0.4, -0.2) is 24.9 Å². The molecule has 25 heavy (non-hydrogen) atoms. The highest BCUT2D eigenvalue weighted by Crippen LogP contribution is 2.22. The molecule has 1 aromatic rings.